The first-order valence-corrected chi connectivity index (χ1v) is 7.70. The first-order valence-electron chi connectivity index (χ1n) is 7.70. The van der Waals surface area contributed by atoms with Crippen LogP contribution in [0.3, 0.4) is 0 Å². The summed E-state index contributed by atoms with van der Waals surface area (Å²) in [5.41, 5.74) is 1.09. The van der Waals surface area contributed by atoms with Crippen LogP contribution in [0.15, 0.2) is 12.4 Å². The van der Waals surface area contributed by atoms with E-state index in [1.54, 1.807) is 7.11 Å². The van der Waals surface area contributed by atoms with Gasteiger partial charge in [0.25, 0.3) is 0 Å². The first-order chi connectivity index (χ1) is 10.3. The van der Waals surface area contributed by atoms with E-state index in [1.165, 1.54) is 0 Å². The van der Waals surface area contributed by atoms with Crippen LogP contribution in [0.2, 0.25) is 0 Å². The number of methoxy groups -OCH3 is 1. The third kappa shape index (κ3) is 5.22. The summed E-state index contributed by atoms with van der Waals surface area (Å²) in [4.78, 5) is 11.1. The van der Waals surface area contributed by atoms with Crippen molar-refractivity contribution in [3.8, 4) is 0 Å². The zero-order valence-electron chi connectivity index (χ0n) is 13.0. The molecule has 21 heavy (non-hydrogen) atoms. The van der Waals surface area contributed by atoms with Crippen LogP contribution < -0.4 is 10.2 Å². The Hall–Kier alpha value is -1.24. The number of aromatic nitrogens is 2. The van der Waals surface area contributed by atoms with Crippen LogP contribution in [0.25, 0.3) is 0 Å². The molecule has 1 unspecified atom stereocenters. The van der Waals surface area contributed by atoms with Gasteiger partial charge in [-0.2, -0.15) is 0 Å². The largest absolute Gasteiger partial charge is 0.383 e. The Bertz CT molecular complexity index is 393. The van der Waals surface area contributed by atoms with Crippen LogP contribution in [0.4, 0.5) is 5.95 Å². The molecule has 0 bridgehead atoms. The summed E-state index contributed by atoms with van der Waals surface area (Å²) < 4.78 is 10.7. The number of ether oxygens (including phenoxy) is 2. The molecule has 1 N–H and O–H groups in total. The quantitative estimate of drug-likeness (QED) is 0.691. The molecular formula is C15H26N4O2. The maximum Gasteiger partial charge on any atom is 0.225 e. The second-order valence-electron chi connectivity index (χ2n) is 5.23. The van der Waals surface area contributed by atoms with Crippen LogP contribution in [0.5, 0.6) is 0 Å². The molecular weight excluding hydrogens is 268 g/mol. The summed E-state index contributed by atoms with van der Waals surface area (Å²) in [5.74, 6) is 0.786. The Labute approximate surface area is 126 Å². The molecule has 0 saturated carbocycles. The normalized spacial score (nSPS) is 18.1. The van der Waals surface area contributed by atoms with E-state index < -0.39 is 0 Å². The second kappa shape index (κ2) is 8.92. The molecule has 2 rings (SSSR count). The molecule has 6 heteroatoms. The lowest BCUT2D eigenvalue weighted by molar-refractivity contribution is 0.115. The Morgan fingerprint density at radius 2 is 2.24 bits per heavy atom. The Balaban J connectivity index is 1.83. The molecule has 1 atom stereocenters. The van der Waals surface area contributed by atoms with E-state index in [0.717, 1.165) is 57.1 Å². The highest BCUT2D eigenvalue weighted by Gasteiger charge is 2.19. The molecule has 0 aliphatic carbocycles. The van der Waals surface area contributed by atoms with Gasteiger partial charge >= 0.3 is 0 Å². The Morgan fingerprint density at radius 1 is 1.43 bits per heavy atom. The lowest BCUT2D eigenvalue weighted by Gasteiger charge is -2.23. The van der Waals surface area contributed by atoms with Gasteiger partial charge in [0.15, 0.2) is 0 Å². The van der Waals surface area contributed by atoms with Gasteiger partial charge in [0.2, 0.25) is 5.95 Å². The fourth-order valence-corrected chi connectivity index (χ4v) is 2.40. The fourth-order valence-electron chi connectivity index (χ4n) is 2.40. The van der Waals surface area contributed by atoms with Gasteiger partial charge in [-0.1, -0.05) is 0 Å². The monoisotopic (exact) mass is 294 g/mol. The molecule has 2 heterocycles. The predicted octanol–water partition coefficient (Wildman–Crippen LogP) is 1.22. The first kappa shape index (κ1) is 16.1. The number of anilines is 1. The van der Waals surface area contributed by atoms with Gasteiger partial charge in [-0.05, 0) is 19.8 Å². The highest BCUT2D eigenvalue weighted by molar-refractivity contribution is 5.29. The molecule has 1 aromatic heterocycles. The van der Waals surface area contributed by atoms with Crippen LogP contribution in [0, 0.1) is 0 Å². The maximum atomic E-state index is 5.69. The smallest absolute Gasteiger partial charge is 0.225 e. The zero-order valence-corrected chi connectivity index (χ0v) is 13.0. The van der Waals surface area contributed by atoms with Crippen LogP contribution in [0.1, 0.15) is 25.3 Å². The van der Waals surface area contributed by atoms with Gasteiger partial charge in [-0.3, -0.25) is 0 Å². The minimum atomic E-state index is 0.323. The van der Waals surface area contributed by atoms with Crippen molar-refractivity contribution in [1.29, 1.82) is 0 Å². The van der Waals surface area contributed by atoms with Crippen LogP contribution in [-0.4, -0.2) is 56.0 Å². The summed E-state index contributed by atoms with van der Waals surface area (Å²) in [6.07, 6.45) is 6.40. The fraction of sp³-hybridized carbons (Fsp3) is 0.733. The molecule has 118 valence electrons. The standard InChI is InChI=1S/C15H26N4O2/c1-3-19(12-14-5-4-7-21-14)15-17-10-13(11-18-15)9-16-6-8-20-2/h10-11,14,16H,3-9,12H2,1-2H3. The number of likely N-dealkylation sites (N-methyl/N-ethyl adjacent to an activating group) is 1. The lowest BCUT2D eigenvalue weighted by Crippen LogP contribution is -2.33. The molecule has 0 spiro atoms. The van der Waals surface area contributed by atoms with E-state index in [2.05, 4.69) is 27.1 Å². The molecule has 0 aromatic carbocycles. The molecule has 0 radical (unpaired) electrons. The number of hydrogen-bond donors (Lipinski definition) is 1. The molecule has 1 fully saturated rings. The minimum Gasteiger partial charge on any atom is -0.383 e. The molecule has 1 aliphatic heterocycles. The van der Waals surface area contributed by atoms with E-state index in [0.29, 0.717) is 12.7 Å². The van der Waals surface area contributed by atoms with Gasteiger partial charge < -0.3 is 19.7 Å². The Morgan fingerprint density at radius 3 is 2.86 bits per heavy atom. The van der Waals surface area contributed by atoms with E-state index in [9.17, 15) is 0 Å². The SMILES string of the molecule is CCN(CC1CCCO1)c1ncc(CNCCOC)cn1. The number of nitrogens with one attached hydrogen (secondary N) is 1. The average Bonchev–Trinajstić information content (AvgIpc) is 3.03. The summed E-state index contributed by atoms with van der Waals surface area (Å²) >= 11 is 0. The topological polar surface area (TPSA) is 59.5 Å². The number of hydrogen-bond acceptors (Lipinski definition) is 6. The van der Waals surface area contributed by atoms with Crippen LogP contribution >= 0.6 is 0 Å². The highest BCUT2D eigenvalue weighted by Crippen LogP contribution is 2.16. The van der Waals surface area contributed by atoms with Gasteiger partial charge in [0, 0.05) is 57.9 Å². The number of rotatable bonds is 9. The molecule has 1 saturated heterocycles. The highest BCUT2D eigenvalue weighted by atomic mass is 16.5. The van der Waals surface area contributed by atoms with Gasteiger partial charge in [0.1, 0.15) is 0 Å². The summed E-state index contributed by atoms with van der Waals surface area (Å²) in [5, 5.41) is 3.29. The van der Waals surface area contributed by atoms with Crippen molar-refractivity contribution in [2.45, 2.75) is 32.4 Å². The summed E-state index contributed by atoms with van der Waals surface area (Å²) in [6, 6.07) is 0. The van der Waals surface area contributed by atoms with E-state index in [4.69, 9.17) is 9.47 Å². The molecule has 1 aromatic rings. The predicted molar refractivity (Wildman–Crippen MR) is 82.5 cm³/mol. The third-order valence-corrected chi connectivity index (χ3v) is 3.62. The van der Waals surface area contributed by atoms with Crippen molar-refractivity contribution in [2.24, 2.45) is 0 Å². The maximum absolute atomic E-state index is 5.69. The second-order valence-corrected chi connectivity index (χ2v) is 5.23. The van der Waals surface area contributed by atoms with Crippen molar-refractivity contribution in [2.75, 3.05) is 44.9 Å². The minimum absolute atomic E-state index is 0.323. The van der Waals surface area contributed by atoms with Gasteiger partial charge in [0.05, 0.1) is 12.7 Å². The van der Waals surface area contributed by atoms with E-state index in [-0.39, 0.29) is 0 Å². The van der Waals surface area contributed by atoms with Crippen LogP contribution in [-0.2, 0) is 16.0 Å². The molecule has 1 aliphatic rings. The average molecular weight is 294 g/mol. The van der Waals surface area contributed by atoms with E-state index >= 15 is 0 Å². The van der Waals surface area contributed by atoms with Crippen molar-refractivity contribution >= 4 is 5.95 Å². The molecule has 6 nitrogen and oxygen atoms in total. The summed E-state index contributed by atoms with van der Waals surface area (Å²) in [7, 11) is 1.70. The van der Waals surface area contributed by atoms with Crippen molar-refractivity contribution in [1.82, 2.24) is 15.3 Å². The van der Waals surface area contributed by atoms with Gasteiger partial charge in [-0.15, -0.1) is 0 Å². The zero-order chi connectivity index (χ0) is 14.9. The van der Waals surface area contributed by atoms with Crippen molar-refractivity contribution < 1.29 is 9.47 Å². The van der Waals surface area contributed by atoms with Gasteiger partial charge in [-0.25, -0.2) is 9.97 Å². The summed E-state index contributed by atoms with van der Waals surface area (Å²) in [6.45, 7) is 7.09. The Kier molecular flexibility index (Phi) is 6.85. The number of nitrogens with zero attached hydrogens (tertiary/aromatic N) is 3. The van der Waals surface area contributed by atoms with E-state index in [1.807, 2.05) is 12.4 Å². The third-order valence-electron chi connectivity index (χ3n) is 3.62. The lowest BCUT2D eigenvalue weighted by atomic mass is 10.2. The van der Waals surface area contributed by atoms with Crippen molar-refractivity contribution in [3.05, 3.63) is 18.0 Å². The molecule has 0 amide bonds. The van der Waals surface area contributed by atoms with Crippen molar-refractivity contribution in [3.63, 3.8) is 0 Å².